The molecule has 0 bridgehead atoms. The number of rotatable bonds is 20. The van der Waals surface area contributed by atoms with Gasteiger partial charge in [-0.05, 0) is 66.6 Å². The van der Waals surface area contributed by atoms with Gasteiger partial charge in [-0.15, -0.1) is 0 Å². The summed E-state index contributed by atoms with van der Waals surface area (Å²) in [5.74, 6) is -9.08. The van der Waals surface area contributed by atoms with E-state index in [9.17, 15) is 38.4 Å². The number of benzene rings is 5. The maximum Gasteiger partial charge on any atom is 0.340 e. The van der Waals surface area contributed by atoms with Crippen molar-refractivity contribution in [3.8, 4) is 34.5 Å². The van der Waals surface area contributed by atoms with Gasteiger partial charge >= 0.3 is 41.8 Å². The van der Waals surface area contributed by atoms with Crippen molar-refractivity contribution in [3.05, 3.63) is 129 Å². The highest BCUT2D eigenvalue weighted by Crippen LogP contribution is 2.58. The summed E-state index contributed by atoms with van der Waals surface area (Å²) < 4.78 is 85.2. The summed E-state index contributed by atoms with van der Waals surface area (Å²) in [5.41, 5.74) is -0.614. The van der Waals surface area contributed by atoms with Gasteiger partial charge in [-0.25, -0.2) is 13.6 Å². The van der Waals surface area contributed by atoms with Gasteiger partial charge in [-0.1, -0.05) is 18.2 Å². The zero-order valence-electron chi connectivity index (χ0n) is 42.0. The number of hydrogen-bond donors (Lipinski definition) is 1. The van der Waals surface area contributed by atoms with E-state index in [0.29, 0.717) is 11.3 Å². The zero-order chi connectivity index (χ0) is 55.0. The van der Waals surface area contributed by atoms with Crippen LogP contribution in [0.2, 0.25) is 0 Å². The monoisotopic (exact) mass is 1050 g/mol. The van der Waals surface area contributed by atoms with Crippen molar-refractivity contribution in [2.24, 2.45) is 0 Å². The molecule has 0 saturated carbocycles. The Kier molecular flexibility index (Phi) is 16.7. The molecule has 2 heterocycles. The minimum atomic E-state index is -2.09. The van der Waals surface area contributed by atoms with Crippen molar-refractivity contribution in [1.82, 2.24) is 5.32 Å². The Morgan fingerprint density at radius 3 is 1.53 bits per heavy atom. The van der Waals surface area contributed by atoms with Crippen molar-refractivity contribution in [2.45, 2.75) is 32.9 Å². The first-order valence-electron chi connectivity index (χ1n) is 22.9. The van der Waals surface area contributed by atoms with Crippen molar-refractivity contribution in [3.63, 3.8) is 0 Å². The molecule has 23 heteroatoms. The standard InChI is InChI=1S/C53H49F2N3O18/c1-28-8-12-39(57(24-47(61)67-4)25-48(62)68-5)45(16-28)71-14-15-72-46-17-31(9-13-40(46)58(26-49(63)69-6)27-50(64)70-7)23-56-51(65)32-10-11-34-33(18-32)52(66)76-53(34)35-19-37(54)43(73-29(2)59)21-41(35)75-42-22-44(74-30(3)60)38(55)20-36(42)53/h8-13,16-22H,14-15,23-27H2,1-7H3,(H,56,65). The van der Waals surface area contributed by atoms with Crippen molar-refractivity contribution in [1.29, 1.82) is 0 Å². The van der Waals surface area contributed by atoms with Gasteiger partial charge < -0.3 is 62.5 Å². The average Bonchev–Trinajstić information content (AvgIpc) is 3.85. The fourth-order valence-corrected chi connectivity index (χ4v) is 8.29. The molecule has 0 radical (unpaired) electrons. The van der Waals surface area contributed by atoms with Crippen molar-refractivity contribution >= 4 is 59.1 Å². The third-order valence-electron chi connectivity index (χ3n) is 11.7. The number of halogens is 2. The van der Waals surface area contributed by atoms with Crippen molar-refractivity contribution < 1.29 is 94.5 Å². The van der Waals surface area contributed by atoms with Crippen LogP contribution < -0.4 is 38.8 Å². The highest BCUT2D eigenvalue weighted by Gasteiger charge is 2.55. The van der Waals surface area contributed by atoms with Gasteiger partial charge in [0.2, 0.25) is 0 Å². The number of hydrogen-bond acceptors (Lipinski definition) is 20. The summed E-state index contributed by atoms with van der Waals surface area (Å²) in [6, 6.07) is 17.7. The Morgan fingerprint density at radius 2 is 1.05 bits per heavy atom. The number of carbonyl (C=O) groups excluding carboxylic acids is 8. The summed E-state index contributed by atoms with van der Waals surface area (Å²) in [6.45, 7) is 2.08. The van der Waals surface area contributed by atoms with E-state index < -0.39 is 89.5 Å². The molecule has 398 valence electrons. The Balaban J connectivity index is 1.17. The van der Waals surface area contributed by atoms with E-state index in [2.05, 4.69) is 5.32 Å². The van der Waals surface area contributed by atoms with Gasteiger partial charge in [-0.2, -0.15) is 0 Å². The van der Waals surface area contributed by atoms with E-state index in [4.69, 9.17) is 47.4 Å². The van der Waals surface area contributed by atoms with Crippen LogP contribution in [-0.4, -0.2) is 116 Å². The normalized spacial score (nSPS) is 12.3. The molecule has 2 aliphatic rings. The number of esters is 7. The fraction of sp³-hybridized carbons (Fsp3) is 0.283. The Labute approximate surface area is 432 Å². The molecule has 0 atom stereocenters. The lowest BCUT2D eigenvalue weighted by molar-refractivity contribution is -0.141. The Morgan fingerprint density at radius 1 is 0.579 bits per heavy atom. The lowest BCUT2D eigenvalue weighted by atomic mass is 9.77. The van der Waals surface area contributed by atoms with Gasteiger partial charge in [0.15, 0.2) is 28.7 Å². The lowest BCUT2D eigenvalue weighted by Crippen LogP contribution is -2.36. The van der Waals surface area contributed by atoms with Crippen LogP contribution in [-0.2, 0) is 64.6 Å². The number of carbonyl (C=O) groups is 8. The molecule has 0 aromatic heterocycles. The first kappa shape index (κ1) is 54.5. The van der Waals surface area contributed by atoms with Gasteiger partial charge in [0.1, 0.15) is 62.4 Å². The quantitative estimate of drug-likeness (QED) is 0.0444. The van der Waals surface area contributed by atoms with Crippen LogP contribution in [0.15, 0.2) is 78.9 Å². The predicted molar refractivity (Wildman–Crippen MR) is 260 cm³/mol. The third kappa shape index (κ3) is 11.9. The molecule has 0 unspecified atom stereocenters. The summed E-state index contributed by atoms with van der Waals surface area (Å²) in [7, 11) is 4.77. The molecular formula is C53H49F2N3O18. The molecule has 21 nitrogen and oxygen atoms in total. The minimum Gasteiger partial charge on any atom is -0.488 e. The molecule has 1 spiro atoms. The average molecular weight is 1050 g/mol. The summed E-state index contributed by atoms with van der Waals surface area (Å²) >= 11 is 0. The number of nitrogens with one attached hydrogen (secondary N) is 1. The second-order valence-electron chi connectivity index (χ2n) is 16.8. The van der Waals surface area contributed by atoms with Gasteiger partial charge in [0.25, 0.3) is 5.91 Å². The third-order valence-corrected chi connectivity index (χ3v) is 11.7. The maximum absolute atomic E-state index is 15.7. The molecule has 0 saturated heterocycles. The summed E-state index contributed by atoms with van der Waals surface area (Å²) in [5, 5.41) is 2.78. The zero-order valence-corrected chi connectivity index (χ0v) is 42.0. The molecule has 76 heavy (non-hydrogen) atoms. The Bertz CT molecular complexity index is 3050. The van der Waals surface area contributed by atoms with Crippen molar-refractivity contribution in [2.75, 3.05) is 77.6 Å². The van der Waals surface area contributed by atoms with Crippen LogP contribution in [0.4, 0.5) is 20.2 Å². The Hall–Kier alpha value is -9.28. The second kappa shape index (κ2) is 23.3. The molecule has 5 aromatic carbocycles. The van der Waals surface area contributed by atoms with E-state index in [-0.39, 0.29) is 89.4 Å². The largest absolute Gasteiger partial charge is 0.488 e. The number of fused-ring (bicyclic) bond motifs is 6. The second-order valence-corrected chi connectivity index (χ2v) is 16.8. The van der Waals surface area contributed by atoms with Crippen LogP contribution >= 0.6 is 0 Å². The van der Waals surface area contributed by atoms with E-state index >= 15 is 8.78 Å². The fourth-order valence-electron chi connectivity index (χ4n) is 8.29. The van der Waals surface area contributed by atoms with Gasteiger partial charge in [0.05, 0.1) is 56.5 Å². The molecule has 2 aliphatic heterocycles. The lowest BCUT2D eigenvalue weighted by Gasteiger charge is -2.36. The highest BCUT2D eigenvalue weighted by molar-refractivity contribution is 6.02. The molecule has 0 aliphatic carbocycles. The predicted octanol–water partition coefficient (Wildman–Crippen LogP) is 5.38. The molecule has 7 rings (SSSR count). The van der Waals surface area contributed by atoms with Crippen LogP contribution in [0.25, 0.3) is 0 Å². The number of anilines is 2. The topological polar surface area (TPSA) is 247 Å². The van der Waals surface area contributed by atoms with Gasteiger partial charge in [-0.3, -0.25) is 33.6 Å². The smallest absolute Gasteiger partial charge is 0.340 e. The number of ether oxygens (including phenoxy) is 10. The SMILES string of the molecule is COC(=O)CN(CC(=O)OC)c1ccc(C)cc1OCCOc1cc(CNC(=O)c2ccc3c(c2)C(=O)OC32c3cc(F)c(OC(C)=O)cc3Oc3cc(OC(C)=O)c(F)cc32)ccc1N(CC(=O)OC)CC(=O)OC. The van der Waals surface area contributed by atoms with E-state index in [1.165, 1.54) is 56.4 Å². The van der Waals surface area contributed by atoms with E-state index in [1.807, 2.05) is 6.92 Å². The first-order valence-corrected chi connectivity index (χ1v) is 22.9. The number of aryl methyl sites for hydroxylation is 1. The highest BCUT2D eigenvalue weighted by atomic mass is 19.1. The van der Waals surface area contributed by atoms with Crippen LogP contribution in [0.5, 0.6) is 34.5 Å². The molecule has 1 N–H and O–H groups in total. The number of methoxy groups -OCH3 is 4. The summed E-state index contributed by atoms with van der Waals surface area (Å²) in [6.07, 6.45) is 0. The molecule has 0 fully saturated rings. The van der Waals surface area contributed by atoms with E-state index in [1.54, 1.807) is 36.4 Å². The van der Waals surface area contributed by atoms with Crippen LogP contribution in [0, 0.1) is 18.6 Å². The number of amides is 1. The summed E-state index contributed by atoms with van der Waals surface area (Å²) in [4.78, 5) is 104. The molecule has 5 aromatic rings. The van der Waals surface area contributed by atoms with Crippen LogP contribution in [0.3, 0.4) is 0 Å². The first-order chi connectivity index (χ1) is 36.3. The van der Waals surface area contributed by atoms with E-state index in [0.717, 1.165) is 43.7 Å². The minimum absolute atomic E-state index is 0.0344. The maximum atomic E-state index is 15.7. The number of nitrogens with zero attached hydrogens (tertiary/aromatic N) is 2. The van der Waals surface area contributed by atoms with Gasteiger partial charge in [0, 0.05) is 43.7 Å². The van der Waals surface area contributed by atoms with Crippen LogP contribution in [0.1, 0.15) is 62.4 Å². The molecule has 1 amide bonds. The molecular weight excluding hydrogens is 1000 g/mol.